The van der Waals surface area contributed by atoms with Gasteiger partial charge < -0.3 is 27.1 Å². The van der Waals surface area contributed by atoms with Gasteiger partial charge in [-0.05, 0) is 65.8 Å². The second-order valence-electron chi connectivity index (χ2n) is 10.8. The molecule has 14 heteroatoms. The largest absolute Gasteiger partial charge is 0.394 e. The van der Waals surface area contributed by atoms with Crippen LogP contribution in [0.3, 0.4) is 0 Å². The predicted octanol–water partition coefficient (Wildman–Crippen LogP) is 0.963. The van der Waals surface area contributed by atoms with Crippen molar-refractivity contribution in [3.05, 3.63) is 114 Å². The maximum Gasteiger partial charge on any atom is 0.270 e. The van der Waals surface area contributed by atoms with Gasteiger partial charge in [-0.25, -0.2) is 9.97 Å². The van der Waals surface area contributed by atoms with Gasteiger partial charge in [-0.2, -0.15) is 5.10 Å². The summed E-state index contributed by atoms with van der Waals surface area (Å²) in [6, 6.07) is 13.0. The molecule has 1 unspecified atom stereocenters. The summed E-state index contributed by atoms with van der Waals surface area (Å²) in [5.74, 6) is 9.01. The predicted molar refractivity (Wildman–Crippen MR) is 182 cm³/mol. The lowest BCUT2D eigenvalue weighted by atomic mass is 9.96. The first-order valence-corrected chi connectivity index (χ1v) is 15.3. The number of nitrogens with one attached hydrogen (secondary N) is 3. The van der Waals surface area contributed by atoms with Crippen molar-refractivity contribution in [3.8, 4) is 0 Å². The third-order valence-corrected chi connectivity index (χ3v) is 7.88. The van der Waals surface area contributed by atoms with E-state index in [9.17, 15) is 19.2 Å². The fourth-order valence-electron chi connectivity index (χ4n) is 5.69. The van der Waals surface area contributed by atoms with E-state index in [1.165, 1.54) is 12.4 Å². The standard InChI is InChI=1S/C30H28N8O4.C2H6.CH6N2/c31-25-26(28(40)27(25)39)38-8-7-18-3-1-16(10-20(18)14-38)12-33-29(41)23-11-24(35-15-34-23)30(42)37-22-6-4-19-9-17(13-36-32)2-5-21(19)22;1-2;1-3-2/h1-3,5,9-11,13,15,22H,4,6-8,12,14,31-32H2,(H,33,41)(H,37,42);1-2H3;3H,2H2,1H3/b36-13+;;. The molecule has 2 aliphatic rings. The maximum absolute atomic E-state index is 13.0. The molecular formula is C33H40N10O4. The first-order valence-electron chi connectivity index (χ1n) is 15.3. The summed E-state index contributed by atoms with van der Waals surface area (Å²) < 4.78 is 0. The number of hydrazine groups is 1. The van der Waals surface area contributed by atoms with Crippen molar-refractivity contribution in [2.24, 2.45) is 16.8 Å². The topological polar surface area (TPSA) is 224 Å². The van der Waals surface area contributed by atoms with Crippen LogP contribution in [-0.4, -0.2) is 41.6 Å². The van der Waals surface area contributed by atoms with Gasteiger partial charge >= 0.3 is 0 Å². The minimum atomic E-state index is -0.630. The molecule has 2 heterocycles. The minimum absolute atomic E-state index is 0.0187. The zero-order valence-corrected chi connectivity index (χ0v) is 26.7. The number of aromatic nitrogens is 2. The number of rotatable bonds is 7. The highest BCUT2D eigenvalue weighted by Gasteiger charge is 2.27. The number of nitrogens with two attached hydrogens (primary N) is 3. The van der Waals surface area contributed by atoms with E-state index in [1.807, 2.05) is 55.1 Å². The highest BCUT2D eigenvalue weighted by atomic mass is 16.2. The van der Waals surface area contributed by atoms with E-state index in [-0.39, 0.29) is 35.3 Å². The van der Waals surface area contributed by atoms with E-state index in [4.69, 9.17) is 11.6 Å². The zero-order chi connectivity index (χ0) is 34.1. The summed E-state index contributed by atoms with van der Waals surface area (Å²) in [5.41, 5.74) is 13.4. The molecule has 47 heavy (non-hydrogen) atoms. The molecular weight excluding hydrogens is 600 g/mol. The van der Waals surface area contributed by atoms with Gasteiger partial charge in [-0.1, -0.05) is 44.2 Å². The van der Waals surface area contributed by atoms with Crippen molar-refractivity contribution in [2.45, 2.75) is 52.2 Å². The van der Waals surface area contributed by atoms with Crippen LogP contribution in [0.4, 0.5) is 11.4 Å². The second-order valence-corrected chi connectivity index (χ2v) is 10.8. The van der Waals surface area contributed by atoms with Crippen molar-refractivity contribution in [3.63, 3.8) is 0 Å². The Bertz CT molecular complexity index is 1850. The molecule has 1 atom stereocenters. The number of hydrazone groups is 1. The number of aryl methyl sites for hydroxylation is 1. The fourth-order valence-corrected chi connectivity index (χ4v) is 5.69. The number of anilines is 2. The Morgan fingerprint density at radius 3 is 2.40 bits per heavy atom. The van der Waals surface area contributed by atoms with Crippen LogP contribution in [0.5, 0.6) is 0 Å². The molecule has 0 saturated carbocycles. The molecule has 1 aliphatic heterocycles. The number of hydrogen-bond acceptors (Lipinski definition) is 12. The smallest absolute Gasteiger partial charge is 0.270 e. The average Bonchev–Trinajstić information content (AvgIpc) is 3.49. The molecule has 6 rings (SSSR count). The summed E-state index contributed by atoms with van der Waals surface area (Å²) in [6.07, 6.45) is 5.06. The lowest BCUT2D eigenvalue weighted by Gasteiger charge is -2.32. The monoisotopic (exact) mass is 640 g/mol. The second kappa shape index (κ2) is 15.7. The van der Waals surface area contributed by atoms with Crippen LogP contribution < -0.4 is 49.2 Å². The molecule has 3 aromatic carbocycles. The molecule has 246 valence electrons. The van der Waals surface area contributed by atoms with Crippen molar-refractivity contribution >= 4 is 29.4 Å². The zero-order valence-electron chi connectivity index (χ0n) is 26.7. The third kappa shape index (κ3) is 7.68. The number of carbonyl (C=O) groups excluding carboxylic acids is 2. The molecule has 0 radical (unpaired) electrons. The minimum Gasteiger partial charge on any atom is -0.394 e. The number of hydrogen-bond donors (Lipinski definition) is 6. The summed E-state index contributed by atoms with van der Waals surface area (Å²) in [6.45, 7) is 5.28. The van der Waals surface area contributed by atoms with E-state index in [0.29, 0.717) is 19.5 Å². The summed E-state index contributed by atoms with van der Waals surface area (Å²) in [4.78, 5) is 59.4. The van der Waals surface area contributed by atoms with Gasteiger partial charge in [0.05, 0.1) is 12.3 Å². The normalized spacial score (nSPS) is 14.7. The Labute approximate surface area is 272 Å². The van der Waals surface area contributed by atoms with Crippen LogP contribution in [-0.2, 0) is 25.9 Å². The van der Waals surface area contributed by atoms with Crippen molar-refractivity contribution in [2.75, 3.05) is 24.2 Å². The molecule has 1 aromatic heterocycles. The summed E-state index contributed by atoms with van der Waals surface area (Å²) in [5, 5.41) is 9.41. The Balaban J connectivity index is 0.000000947. The van der Waals surface area contributed by atoms with E-state index < -0.39 is 22.7 Å². The maximum atomic E-state index is 13.0. The summed E-state index contributed by atoms with van der Waals surface area (Å²) >= 11 is 0. The van der Waals surface area contributed by atoms with Gasteiger partial charge in [0.2, 0.25) is 0 Å². The number of fused-ring (bicyclic) bond motifs is 2. The molecule has 14 nitrogen and oxygen atoms in total. The third-order valence-electron chi connectivity index (χ3n) is 7.88. The SMILES string of the molecule is CC.CNN.N/N=C/c1ccc2c(c1)CCC2NC(=O)c1cc(C(=O)NCc2ccc3c(c2)CN(c2c(N)c(=O)c2=O)CC3)ncn1. The van der Waals surface area contributed by atoms with Gasteiger partial charge in [0.25, 0.3) is 22.7 Å². The number of amides is 2. The van der Waals surface area contributed by atoms with E-state index >= 15 is 0 Å². The van der Waals surface area contributed by atoms with E-state index in [2.05, 4.69) is 37.0 Å². The Kier molecular flexibility index (Phi) is 11.5. The average molecular weight is 641 g/mol. The Morgan fingerprint density at radius 1 is 0.979 bits per heavy atom. The van der Waals surface area contributed by atoms with Gasteiger partial charge in [0.15, 0.2) is 0 Å². The molecule has 4 aromatic rings. The molecule has 9 N–H and O–H groups in total. The van der Waals surface area contributed by atoms with Gasteiger partial charge in [0, 0.05) is 25.7 Å². The van der Waals surface area contributed by atoms with E-state index in [0.717, 1.165) is 46.2 Å². The molecule has 0 saturated heterocycles. The quantitative estimate of drug-likeness (QED) is 0.0722. The number of nitrogens with zero attached hydrogens (tertiary/aromatic N) is 4. The Morgan fingerprint density at radius 2 is 1.70 bits per heavy atom. The van der Waals surface area contributed by atoms with E-state index in [1.54, 1.807) is 13.3 Å². The molecule has 0 fully saturated rings. The molecule has 1 aliphatic carbocycles. The van der Waals surface area contributed by atoms with Gasteiger partial charge in [0.1, 0.15) is 29.1 Å². The summed E-state index contributed by atoms with van der Waals surface area (Å²) in [7, 11) is 1.65. The van der Waals surface area contributed by atoms with Crippen molar-refractivity contribution < 1.29 is 9.59 Å². The van der Waals surface area contributed by atoms with Crippen LogP contribution in [0.15, 0.2) is 63.5 Å². The fraction of sp³-hybridized carbons (Fsp3) is 0.303. The van der Waals surface area contributed by atoms with Crippen molar-refractivity contribution in [1.82, 2.24) is 26.0 Å². The first-order chi connectivity index (χ1) is 22.7. The lowest BCUT2D eigenvalue weighted by Crippen LogP contribution is -2.44. The van der Waals surface area contributed by atoms with Crippen LogP contribution in [0, 0.1) is 0 Å². The number of carbonyl (C=O) groups is 2. The molecule has 0 spiro atoms. The van der Waals surface area contributed by atoms with Crippen LogP contribution in [0.25, 0.3) is 0 Å². The van der Waals surface area contributed by atoms with Crippen LogP contribution in [0.1, 0.15) is 80.7 Å². The lowest BCUT2D eigenvalue weighted by molar-refractivity contribution is 0.0931. The molecule has 2 amide bonds. The Hall–Kier alpha value is -5.47. The van der Waals surface area contributed by atoms with Gasteiger partial charge in [-0.15, -0.1) is 0 Å². The van der Waals surface area contributed by atoms with Crippen LogP contribution >= 0.6 is 0 Å². The number of benzene rings is 2. The highest BCUT2D eigenvalue weighted by molar-refractivity contribution is 5.97. The van der Waals surface area contributed by atoms with Crippen molar-refractivity contribution in [1.29, 1.82) is 0 Å². The first kappa shape index (κ1) is 34.4. The highest BCUT2D eigenvalue weighted by Crippen LogP contribution is 2.32. The van der Waals surface area contributed by atoms with Crippen LogP contribution in [0.2, 0.25) is 0 Å². The molecule has 0 bridgehead atoms. The number of nitrogen functional groups attached to an aromatic ring is 1. The van der Waals surface area contributed by atoms with Gasteiger partial charge in [-0.3, -0.25) is 30.4 Å².